The summed E-state index contributed by atoms with van der Waals surface area (Å²) in [5, 5.41) is 7.22. The van der Waals surface area contributed by atoms with E-state index in [-0.39, 0.29) is 12.6 Å². The second-order valence-corrected chi connectivity index (χ2v) is 5.42. The zero-order valence-corrected chi connectivity index (χ0v) is 13.3. The number of aryl methyl sites for hydroxylation is 2. The Hall–Kier alpha value is -1.89. The van der Waals surface area contributed by atoms with E-state index < -0.39 is 28.8 Å². The first-order chi connectivity index (χ1) is 10.9. The third-order valence-corrected chi connectivity index (χ3v) is 3.77. The number of hydrogen-bond acceptors (Lipinski definition) is 2. The zero-order valence-electron chi connectivity index (χ0n) is 13.3. The molecular formula is C16H19F4N3. The lowest BCUT2D eigenvalue weighted by molar-refractivity contribution is 0.432. The third kappa shape index (κ3) is 3.55. The average molecular weight is 329 g/mol. The molecule has 0 radical (unpaired) electrons. The summed E-state index contributed by atoms with van der Waals surface area (Å²) in [5.41, 5.74) is 2.05. The van der Waals surface area contributed by atoms with Gasteiger partial charge in [-0.3, -0.25) is 4.68 Å². The van der Waals surface area contributed by atoms with Crippen LogP contribution in [-0.2, 0) is 19.6 Å². The van der Waals surface area contributed by atoms with Crippen LogP contribution in [0.25, 0.3) is 0 Å². The van der Waals surface area contributed by atoms with Crippen molar-refractivity contribution in [1.82, 2.24) is 15.1 Å². The van der Waals surface area contributed by atoms with Gasteiger partial charge in [0.1, 0.15) is 0 Å². The highest BCUT2D eigenvalue weighted by atomic mass is 19.2. The maximum Gasteiger partial charge on any atom is 0.166 e. The Kier molecular flexibility index (Phi) is 5.41. The molecular weight excluding hydrogens is 310 g/mol. The molecule has 0 bridgehead atoms. The number of aromatic nitrogens is 2. The normalized spacial score (nSPS) is 11.3. The highest BCUT2D eigenvalue weighted by Gasteiger charge is 2.19. The minimum absolute atomic E-state index is 0.206. The Morgan fingerprint density at radius 3 is 2.13 bits per heavy atom. The lowest BCUT2D eigenvalue weighted by Crippen LogP contribution is -2.17. The van der Waals surface area contributed by atoms with Gasteiger partial charge in [0.15, 0.2) is 23.3 Å². The van der Waals surface area contributed by atoms with Gasteiger partial charge in [-0.05, 0) is 20.3 Å². The quantitative estimate of drug-likeness (QED) is 0.646. The van der Waals surface area contributed by atoms with E-state index in [2.05, 4.69) is 10.4 Å². The SMILES string of the molecule is CCCn1nc(C)c(CNCc2c(F)c(F)cc(F)c2F)c1C. The summed E-state index contributed by atoms with van der Waals surface area (Å²) in [4.78, 5) is 0. The van der Waals surface area contributed by atoms with Crippen LogP contribution >= 0.6 is 0 Å². The molecule has 1 N–H and O–H groups in total. The van der Waals surface area contributed by atoms with Crippen molar-refractivity contribution in [2.45, 2.75) is 46.8 Å². The standard InChI is InChI=1S/C16H19F4N3/c1-4-5-23-10(3)11(9(2)22-23)7-21-8-12-15(19)13(17)6-14(18)16(12)20/h6,21H,4-5,7-8H2,1-3H3. The first-order valence-corrected chi connectivity index (χ1v) is 7.42. The van der Waals surface area contributed by atoms with Gasteiger partial charge in [0.05, 0.1) is 5.69 Å². The molecule has 1 aromatic carbocycles. The van der Waals surface area contributed by atoms with E-state index in [9.17, 15) is 17.6 Å². The van der Waals surface area contributed by atoms with Crippen molar-refractivity contribution in [3.8, 4) is 0 Å². The van der Waals surface area contributed by atoms with Crippen molar-refractivity contribution >= 4 is 0 Å². The Bertz CT molecular complexity index is 684. The van der Waals surface area contributed by atoms with Crippen LogP contribution in [0.2, 0.25) is 0 Å². The second kappa shape index (κ2) is 7.12. The summed E-state index contributed by atoms with van der Waals surface area (Å²) in [6.07, 6.45) is 0.938. The molecule has 0 aliphatic carbocycles. The Labute approximate surface area is 132 Å². The van der Waals surface area contributed by atoms with Gasteiger partial charge < -0.3 is 5.32 Å². The zero-order chi connectivity index (χ0) is 17.1. The van der Waals surface area contributed by atoms with E-state index in [0.717, 1.165) is 29.9 Å². The molecule has 126 valence electrons. The Morgan fingerprint density at radius 1 is 1.00 bits per heavy atom. The summed E-state index contributed by atoms with van der Waals surface area (Å²) >= 11 is 0. The number of halogens is 4. The van der Waals surface area contributed by atoms with Crippen LogP contribution < -0.4 is 5.32 Å². The summed E-state index contributed by atoms with van der Waals surface area (Å²) in [5.74, 6) is -5.54. The van der Waals surface area contributed by atoms with Gasteiger partial charge in [0.25, 0.3) is 0 Å². The highest BCUT2D eigenvalue weighted by Crippen LogP contribution is 2.20. The fraction of sp³-hybridized carbons (Fsp3) is 0.438. The summed E-state index contributed by atoms with van der Waals surface area (Å²) in [7, 11) is 0. The fourth-order valence-corrected chi connectivity index (χ4v) is 2.51. The van der Waals surface area contributed by atoms with E-state index >= 15 is 0 Å². The van der Waals surface area contributed by atoms with Crippen LogP contribution in [0.1, 0.15) is 35.9 Å². The third-order valence-electron chi connectivity index (χ3n) is 3.77. The first kappa shape index (κ1) is 17.5. The van der Waals surface area contributed by atoms with E-state index in [1.807, 2.05) is 25.5 Å². The summed E-state index contributed by atoms with van der Waals surface area (Å²) in [6.45, 7) is 6.57. The monoisotopic (exact) mass is 329 g/mol. The van der Waals surface area contributed by atoms with Crippen LogP contribution in [0.4, 0.5) is 17.6 Å². The summed E-state index contributed by atoms with van der Waals surface area (Å²) < 4.78 is 55.4. The van der Waals surface area contributed by atoms with Crippen LogP contribution in [-0.4, -0.2) is 9.78 Å². The van der Waals surface area contributed by atoms with Crippen molar-refractivity contribution < 1.29 is 17.6 Å². The van der Waals surface area contributed by atoms with Gasteiger partial charge in [-0.25, -0.2) is 17.6 Å². The van der Waals surface area contributed by atoms with E-state index in [4.69, 9.17) is 0 Å². The van der Waals surface area contributed by atoms with Crippen molar-refractivity contribution in [1.29, 1.82) is 0 Å². The molecule has 0 atom stereocenters. The Balaban J connectivity index is 2.12. The van der Waals surface area contributed by atoms with Crippen LogP contribution in [0, 0.1) is 37.1 Å². The predicted octanol–water partition coefficient (Wildman–Crippen LogP) is 3.76. The molecule has 23 heavy (non-hydrogen) atoms. The largest absolute Gasteiger partial charge is 0.308 e. The van der Waals surface area contributed by atoms with Gasteiger partial charge in [0.2, 0.25) is 0 Å². The molecule has 3 nitrogen and oxygen atoms in total. The van der Waals surface area contributed by atoms with Gasteiger partial charge in [-0.2, -0.15) is 5.10 Å². The van der Waals surface area contributed by atoms with Gasteiger partial charge in [-0.1, -0.05) is 6.92 Å². The number of hydrogen-bond donors (Lipinski definition) is 1. The van der Waals surface area contributed by atoms with Crippen molar-refractivity contribution in [2.24, 2.45) is 0 Å². The fourth-order valence-electron chi connectivity index (χ4n) is 2.51. The van der Waals surface area contributed by atoms with Crippen LogP contribution in [0.3, 0.4) is 0 Å². The maximum atomic E-state index is 13.6. The maximum absolute atomic E-state index is 13.6. The number of rotatable bonds is 6. The topological polar surface area (TPSA) is 29.9 Å². The highest BCUT2D eigenvalue weighted by molar-refractivity contribution is 5.25. The molecule has 0 unspecified atom stereocenters. The summed E-state index contributed by atoms with van der Waals surface area (Å²) in [6, 6.07) is 0.206. The number of nitrogens with zero attached hydrogens (tertiary/aromatic N) is 2. The van der Waals surface area contributed by atoms with E-state index in [0.29, 0.717) is 6.54 Å². The minimum Gasteiger partial charge on any atom is -0.308 e. The lowest BCUT2D eigenvalue weighted by atomic mass is 10.1. The molecule has 0 spiro atoms. The second-order valence-electron chi connectivity index (χ2n) is 5.42. The minimum atomic E-state index is -1.40. The number of benzene rings is 1. The molecule has 0 fully saturated rings. The molecule has 1 aromatic heterocycles. The average Bonchev–Trinajstić information content (AvgIpc) is 2.76. The molecule has 1 heterocycles. The first-order valence-electron chi connectivity index (χ1n) is 7.42. The Morgan fingerprint density at radius 2 is 1.57 bits per heavy atom. The molecule has 7 heteroatoms. The van der Waals surface area contributed by atoms with Gasteiger partial charge in [0, 0.05) is 42.5 Å². The molecule has 0 amide bonds. The van der Waals surface area contributed by atoms with E-state index in [1.54, 1.807) is 0 Å². The van der Waals surface area contributed by atoms with Crippen molar-refractivity contribution in [3.05, 3.63) is 51.9 Å². The smallest absolute Gasteiger partial charge is 0.166 e. The van der Waals surface area contributed by atoms with Crippen molar-refractivity contribution in [2.75, 3.05) is 0 Å². The molecule has 2 rings (SSSR count). The number of nitrogens with one attached hydrogen (secondary N) is 1. The van der Waals surface area contributed by atoms with Gasteiger partial charge >= 0.3 is 0 Å². The molecule has 0 aliphatic heterocycles. The van der Waals surface area contributed by atoms with Crippen molar-refractivity contribution in [3.63, 3.8) is 0 Å². The van der Waals surface area contributed by atoms with E-state index in [1.165, 1.54) is 0 Å². The molecule has 2 aromatic rings. The lowest BCUT2D eigenvalue weighted by Gasteiger charge is -2.09. The molecule has 0 saturated carbocycles. The van der Waals surface area contributed by atoms with Gasteiger partial charge in [-0.15, -0.1) is 0 Å². The van der Waals surface area contributed by atoms with Crippen LogP contribution in [0.5, 0.6) is 0 Å². The predicted molar refractivity (Wildman–Crippen MR) is 78.8 cm³/mol. The van der Waals surface area contributed by atoms with Crippen LogP contribution in [0.15, 0.2) is 6.07 Å². The molecule has 0 aliphatic rings. The molecule has 0 saturated heterocycles.